The highest BCUT2D eigenvalue weighted by Gasteiger charge is 2.33. The van der Waals surface area contributed by atoms with Gasteiger partial charge < -0.3 is 14.2 Å². The molecule has 0 N–H and O–H groups in total. The van der Waals surface area contributed by atoms with E-state index in [1.165, 1.54) is 18.4 Å². The number of hydrogen-bond donors (Lipinski definition) is 0. The maximum absolute atomic E-state index is 13.3. The number of benzene rings is 1. The first-order valence-electron chi connectivity index (χ1n) is 10.3. The molecule has 4 rings (SSSR count). The van der Waals surface area contributed by atoms with Crippen LogP contribution in [0.1, 0.15) is 40.0 Å². The number of Topliss-reactive ketones (excluding diaryl/α,β-unsaturated/α-hetero) is 1. The number of aromatic nitrogens is 3. The van der Waals surface area contributed by atoms with Crippen LogP contribution >= 0.6 is 27.3 Å². The van der Waals surface area contributed by atoms with E-state index in [0.717, 1.165) is 27.2 Å². The predicted octanol–water partition coefficient (Wildman–Crippen LogP) is 5.42. The summed E-state index contributed by atoms with van der Waals surface area (Å²) >= 11 is 4.87. The Kier molecular flexibility index (Phi) is 7.11. The smallest absolute Gasteiger partial charge is 0.224 e. The van der Waals surface area contributed by atoms with Gasteiger partial charge in [-0.2, -0.15) is 5.10 Å². The molecule has 0 bridgehead atoms. The van der Waals surface area contributed by atoms with Crippen LogP contribution in [-0.4, -0.2) is 41.9 Å². The summed E-state index contributed by atoms with van der Waals surface area (Å²) in [6.45, 7) is 2.06. The summed E-state index contributed by atoms with van der Waals surface area (Å²) in [7, 11) is 4.78. The van der Waals surface area contributed by atoms with Crippen molar-refractivity contribution in [1.29, 1.82) is 0 Å². The summed E-state index contributed by atoms with van der Waals surface area (Å²) in [4.78, 5) is 18.0. The van der Waals surface area contributed by atoms with Crippen LogP contribution in [0.25, 0.3) is 5.69 Å². The zero-order chi connectivity index (χ0) is 23.5. The van der Waals surface area contributed by atoms with Gasteiger partial charge in [0.05, 0.1) is 30.1 Å². The average molecular weight is 530 g/mol. The Labute approximate surface area is 204 Å². The average Bonchev–Trinajstić information content (AvgIpc) is 3.53. The van der Waals surface area contributed by atoms with Crippen LogP contribution in [0.2, 0.25) is 0 Å². The number of hydrogen-bond acceptors (Lipinski definition) is 7. The van der Waals surface area contributed by atoms with Crippen LogP contribution in [-0.2, 0) is 14.2 Å². The minimum absolute atomic E-state index is 0.0291. The highest BCUT2D eigenvalue weighted by Crippen LogP contribution is 2.42. The summed E-state index contributed by atoms with van der Waals surface area (Å²) in [5.74, 6) is 1.24. The highest BCUT2D eigenvalue weighted by atomic mass is 79.9. The molecule has 0 fully saturated rings. The zero-order valence-corrected chi connectivity index (χ0v) is 21.1. The molecule has 0 radical (unpaired) electrons. The van der Waals surface area contributed by atoms with Gasteiger partial charge in [0, 0.05) is 36.7 Å². The second-order valence-electron chi connectivity index (χ2n) is 7.53. The van der Waals surface area contributed by atoms with Gasteiger partial charge in [0.25, 0.3) is 0 Å². The first-order valence-corrected chi connectivity index (χ1v) is 12.0. The number of thiazole rings is 1. The molecule has 0 amide bonds. The summed E-state index contributed by atoms with van der Waals surface area (Å²) in [6, 6.07) is 9.43. The van der Waals surface area contributed by atoms with Gasteiger partial charge in [-0.3, -0.25) is 4.79 Å². The molecular formula is C24H24BrN3O4S. The maximum atomic E-state index is 13.3. The SMILES string of the molecule is COC1=CC(c2csc(C(=O)C(OC)c3ccc(-n4cccn4)cc3)n2)C(C)C(OC)=C1Br. The van der Waals surface area contributed by atoms with Crippen molar-refractivity contribution in [2.24, 2.45) is 5.92 Å². The molecule has 7 nitrogen and oxygen atoms in total. The van der Waals surface area contributed by atoms with E-state index in [1.54, 1.807) is 25.1 Å². The van der Waals surface area contributed by atoms with Crippen molar-refractivity contribution in [3.05, 3.63) is 86.4 Å². The molecule has 1 aliphatic carbocycles. The van der Waals surface area contributed by atoms with Gasteiger partial charge >= 0.3 is 0 Å². The lowest BCUT2D eigenvalue weighted by molar-refractivity contribution is 0.0604. The molecular weight excluding hydrogens is 506 g/mol. The standard InChI is InChI=1S/C24H24BrN3O4S/c1-14-17(12-19(30-2)20(25)22(14)31-3)18-13-33-24(27-18)21(29)23(32-4)15-6-8-16(9-7-15)28-11-5-10-26-28/h5-14,17,23H,1-4H3. The normalized spacial score (nSPS) is 19.2. The summed E-state index contributed by atoms with van der Waals surface area (Å²) in [5.41, 5.74) is 2.46. The topological polar surface area (TPSA) is 75.5 Å². The summed E-state index contributed by atoms with van der Waals surface area (Å²) in [6.07, 6.45) is 4.84. The van der Waals surface area contributed by atoms with Crippen molar-refractivity contribution in [2.75, 3.05) is 21.3 Å². The molecule has 33 heavy (non-hydrogen) atoms. The van der Waals surface area contributed by atoms with Crippen LogP contribution in [0.15, 0.2) is 70.2 Å². The van der Waals surface area contributed by atoms with Crippen molar-refractivity contribution < 1.29 is 19.0 Å². The van der Waals surface area contributed by atoms with Gasteiger partial charge in [-0.15, -0.1) is 11.3 Å². The van der Waals surface area contributed by atoms with Gasteiger partial charge in [-0.25, -0.2) is 9.67 Å². The van der Waals surface area contributed by atoms with E-state index in [1.807, 2.05) is 48.0 Å². The number of carbonyl (C=O) groups excluding carboxylic acids is 1. The lowest BCUT2D eigenvalue weighted by Crippen LogP contribution is -2.19. The zero-order valence-electron chi connectivity index (χ0n) is 18.7. The minimum atomic E-state index is -0.742. The molecule has 9 heteroatoms. The monoisotopic (exact) mass is 529 g/mol. The summed E-state index contributed by atoms with van der Waals surface area (Å²) in [5, 5.41) is 6.54. The van der Waals surface area contributed by atoms with Crippen LogP contribution in [0.5, 0.6) is 0 Å². The van der Waals surface area contributed by atoms with Crippen molar-refractivity contribution in [3.8, 4) is 5.69 Å². The van der Waals surface area contributed by atoms with Crippen LogP contribution in [0.3, 0.4) is 0 Å². The van der Waals surface area contributed by atoms with Crippen LogP contribution in [0.4, 0.5) is 0 Å². The second-order valence-corrected chi connectivity index (χ2v) is 9.18. The third kappa shape index (κ3) is 4.53. The number of allylic oxidation sites excluding steroid dienone is 3. The molecule has 1 aliphatic rings. The molecule has 3 aromatic rings. The molecule has 2 heterocycles. The molecule has 3 unspecified atom stereocenters. The Balaban J connectivity index is 1.57. The molecule has 2 aromatic heterocycles. The van der Waals surface area contributed by atoms with Crippen LogP contribution < -0.4 is 0 Å². The fraction of sp³-hybridized carbons (Fsp3) is 0.292. The van der Waals surface area contributed by atoms with E-state index in [4.69, 9.17) is 14.2 Å². The Morgan fingerprint density at radius 2 is 1.94 bits per heavy atom. The number of methoxy groups -OCH3 is 3. The molecule has 3 atom stereocenters. The molecule has 172 valence electrons. The molecule has 0 saturated carbocycles. The van der Waals surface area contributed by atoms with Gasteiger partial charge in [0.1, 0.15) is 17.6 Å². The van der Waals surface area contributed by atoms with E-state index in [-0.39, 0.29) is 17.6 Å². The molecule has 0 spiro atoms. The van der Waals surface area contributed by atoms with Gasteiger partial charge in [0.15, 0.2) is 5.01 Å². The Morgan fingerprint density at radius 3 is 2.55 bits per heavy atom. The molecule has 1 aromatic carbocycles. The van der Waals surface area contributed by atoms with E-state index in [9.17, 15) is 4.79 Å². The fourth-order valence-electron chi connectivity index (χ4n) is 3.92. The van der Waals surface area contributed by atoms with Gasteiger partial charge in [0.2, 0.25) is 5.78 Å². The quantitative estimate of drug-likeness (QED) is 0.363. The largest absolute Gasteiger partial charge is 0.499 e. The third-order valence-corrected chi connectivity index (χ3v) is 7.33. The number of ether oxygens (including phenoxy) is 3. The van der Waals surface area contributed by atoms with E-state index in [0.29, 0.717) is 10.8 Å². The lowest BCUT2D eigenvalue weighted by Gasteiger charge is -2.28. The van der Waals surface area contributed by atoms with Gasteiger partial charge in [-0.1, -0.05) is 19.1 Å². The van der Waals surface area contributed by atoms with Crippen molar-refractivity contribution in [1.82, 2.24) is 14.8 Å². The number of ketones is 1. The van der Waals surface area contributed by atoms with Gasteiger partial charge in [-0.05, 0) is 45.8 Å². The Bertz CT molecular complexity index is 1180. The lowest BCUT2D eigenvalue weighted by atomic mass is 9.85. The fourth-order valence-corrected chi connectivity index (χ4v) is 5.56. The number of nitrogens with zero attached hydrogens (tertiary/aromatic N) is 3. The van der Waals surface area contributed by atoms with Crippen molar-refractivity contribution >= 4 is 33.0 Å². The number of halogens is 1. The van der Waals surface area contributed by atoms with Crippen molar-refractivity contribution in [3.63, 3.8) is 0 Å². The maximum Gasteiger partial charge on any atom is 0.224 e. The first-order chi connectivity index (χ1) is 16.0. The first kappa shape index (κ1) is 23.4. The Hall–Kier alpha value is -2.75. The molecule has 0 aliphatic heterocycles. The van der Waals surface area contributed by atoms with E-state index < -0.39 is 6.10 Å². The van der Waals surface area contributed by atoms with E-state index in [2.05, 4.69) is 32.9 Å². The Morgan fingerprint density at radius 1 is 1.18 bits per heavy atom. The molecule has 0 saturated heterocycles. The minimum Gasteiger partial charge on any atom is -0.499 e. The predicted molar refractivity (Wildman–Crippen MR) is 130 cm³/mol. The highest BCUT2D eigenvalue weighted by molar-refractivity contribution is 9.12. The number of carbonyl (C=O) groups is 1. The number of rotatable bonds is 8. The summed E-state index contributed by atoms with van der Waals surface area (Å²) < 4.78 is 19.2. The van der Waals surface area contributed by atoms with Crippen LogP contribution in [0, 0.1) is 5.92 Å². The van der Waals surface area contributed by atoms with E-state index >= 15 is 0 Å². The third-order valence-electron chi connectivity index (χ3n) is 5.67. The van der Waals surface area contributed by atoms with Crippen molar-refractivity contribution in [2.45, 2.75) is 18.9 Å². The second kappa shape index (κ2) is 10.0.